The molecule has 1 atom stereocenters. The highest BCUT2D eigenvalue weighted by Gasteiger charge is 2.17. The molecule has 3 N–H and O–H groups in total. The zero-order valence-electron chi connectivity index (χ0n) is 9.92. The maximum absolute atomic E-state index is 13.0. The summed E-state index contributed by atoms with van der Waals surface area (Å²) in [6.07, 6.45) is 0.648. The van der Waals surface area contributed by atoms with Crippen molar-refractivity contribution in [1.29, 1.82) is 0 Å². The van der Waals surface area contributed by atoms with Crippen LogP contribution in [0.3, 0.4) is 0 Å². The topological polar surface area (TPSA) is 60.9 Å². The van der Waals surface area contributed by atoms with E-state index in [4.69, 9.17) is 0 Å². The molecule has 1 aromatic carbocycles. The normalized spacial score (nSPS) is 14.8. The van der Waals surface area contributed by atoms with Gasteiger partial charge < -0.3 is 15.4 Å². The highest BCUT2D eigenvalue weighted by atomic mass is 19.1. The maximum atomic E-state index is 13.0. The van der Waals surface area contributed by atoms with Gasteiger partial charge in [0.05, 0.1) is 16.6 Å². The van der Waals surface area contributed by atoms with E-state index in [-0.39, 0.29) is 5.82 Å². The van der Waals surface area contributed by atoms with Gasteiger partial charge in [-0.2, -0.15) is 0 Å². The van der Waals surface area contributed by atoms with Gasteiger partial charge in [-0.1, -0.05) is 6.92 Å². The molecule has 0 amide bonds. The molecule has 1 aromatic heterocycles. The first-order valence-corrected chi connectivity index (χ1v) is 5.62. The Kier molecular flexibility index (Phi) is 3.02. The second kappa shape index (κ2) is 4.33. The van der Waals surface area contributed by atoms with E-state index in [9.17, 15) is 9.50 Å². The van der Waals surface area contributed by atoms with E-state index >= 15 is 0 Å². The molecule has 0 saturated carbocycles. The standard InChI is InChI=1S/C12H16FN3O/c1-3-12(2,17)7-14-11-15-9-5-4-8(13)6-10(9)16-11/h4-6,17H,3,7H2,1-2H3,(H2,14,15,16). The summed E-state index contributed by atoms with van der Waals surface area (Å²) in [6, 6.07) is 4.38. The number of benzene rings is 1. The molecule has 1 unspecified atom stereocenters. The van der Waals surface area contributed by atoms with Crippen LogP contribution in [0.25, 0.3) is 11.0 Å². The van der Waals surface area contributed by atoms with Gasteiger partial charge in [0.25, 0.3) is 0 Å². The quantitative estimate of drug-likeness (QED) is 0.764. The lowest BCUT2D eigenvalue weighted by Gasteiger charge is -2.21. The number of rotatable bonds is 4. The smallest absolute Gasteiger partial charge is 0.201 e. The molecule has 0 radical (unpaired) electrons. The Morgan fingerprint density at radius 1 is 1.53 bits per heavy atom. The van der Waals surface area contributed by atoms with E-state index < -0.39 is 5.60 Å². The van der Waals surface area contributed by atoms with Crippen molar-refractivity contribution in [3.63, 3.8) is 0 Å². The molecule has 0 bridgehead atoms. The van der Waals surface area contributed by atoms with Crippen molar-refractivity contribution < 1.29 is 9.50 Å². The Labute approximate surface area is 98.9 Å². The molecule has 2 aromatic rings. The van der Waals surface area contributed by atoms with Crippen LogP contribution in [0.2, 0.25) is 0 Å². The van der Waals surface area contributed by atoms with Gasteiger partial charge in [0.2, 0.25) is 5.95 Å². The number of nitrogens with zero attached hydrogens (tertiary/aromatic N) is 1. The number of aromatic nitrogens is 2. The van der Waals surface area contributed by atoms with Crippen molar-refractivity contribution in [3.8, 4) is 0 Å². The number of aromatic amines is 1. The number of nitrogens with one attached hydrogen (secondary N) is 2. The molecule has 2 rings (SSSR count). The van der Waals surface area contributed by atoms with Gasteiger partial charge in [-0.15, -0.1) is 0 Å². The third kappa shape index (κ3) is 2.74. The Bertz CT molecular complexity index is 521. The van der Waals surface area contributed by atoms with Crippen LogP contribution in [0.15, 0.2) is 18.2 Å². The number of hydrogen-bond acceptors (Lipinski definition) is 3. The van der Waals surface area contributed by atoms with Gasteiger partial charge >= 0.3 is 0 Å². The van der Waals surface area contributed by atoms with Crippen LogP contribution >= 0.6 is 0 Å². The second-order valence-corrected chi connectivity index (χ2v) is 4.45. The number of anilines is 1. The van der Waals surface area contributed by atoms with Crippen molar-refractivity contribution in [1.82, 2.24) is 9.97 Å². The summed E-state index contributed by atoms with van der Waals surface area (Å²) in [7, 11) is 0. The number of H-pyrrole nitrogens is 1. The molecule has 0 aliphatic heterocycles. The van der Waals surface area contributed by atoms with Crippen molar-refractivity contribution in [3.05, 3.63) is 24.0 Å². The van der Waals surface area contributed by atoms with Gasteiger partial charge in [-0.25, -0.2) is 9.37 Å². The third-order valence-electron chi connectivity index (χ3n) is 2.84. The monoisotopic (exact) mass is 237 g/mol. The van der Waals surface area contributed by atoms with Gasteiger partial charge in [-0.05, 0) is 31.5 Å². The van der Waals surface area contributed by atoms with Crippen LogP contribution in [-0.2, 0) is 0 Å². The van der Waals surface area contributed by atoms with Crippen LogP contribution in [0.4, 0.5) is 10.3 Å². The zero-order chi connectivity index (χ0) is 12.5. The lowest BCUT2D eigenvalue weighted by Crippen LogP contribution is -2.32. The average molecular weight is 237 g/mol. The first kappa shape index (κ1) is 11.9. The Morgan fingerprint density at radius 2 is 2.29 bits per heavy atom. The van der Waals surface area contributed by atoms with E-state index in [1.54, 1.807) is 13.0 Å². The lowest BCUT2D eigenvalue weighted by atomic mass is 10.0. The highest BCUT2D eigenvalue weighted by molar-refractivity contribution is 5.77. The van der Waals surface area contributed by atoms with E-state index in [1.165, 1.54) is 12.1 Å². The van der Waals surface area contributed by atoms with E-state index in [0.717, 1.165) is 0 Å². The Balaban J connectivity index is 2.15. The summed E-state index contributed by atoms with van der Waals surface area (Å²) < 4.78 is 13.0. The number of fused-ring (bicyclic) bond motifs is 1. The molecular formula is C12H16FN3O. The number of aliphatic hydroxyl groups is 1. The van der Waals surface area contributed by atoms with Crippen LogP contribution in [0, 0.1) is 5.82 Å². The summed E-state index contributed by atoms with van der Waals surface area (Å²) in [5, 5.41) is 12.8. The Hall–Kier alpha value is -1.62. The van der Waals surface area contributed by atoms with Crippen LogP contribution in [0.5, 0.6) is 0 Å². The SMILES string of the molecule is CCC(C)(O)CNc1nc2ccc(F)cc2[nH]1. The molecule has 0 aliphatic rings. The van der Waals surface area contributed by atoms with Crippen molar-refractivity contribution in [2.75, 3.05) is 11.9 Å². The molecule has 0 spiro atoms. The van der Waals surface area contributed by atoms with Gasteiger partial charge in [0.1, 0.15) is 5.82 Å². The minimum atomic E-state index is -0.774. The predicted molar refractivity (Wildman–Crippen MR) is 65.5 cm³/mol. The molecule has 0 aliphatic carbocycles. The predicted octanol–water partition coefficient (Wildman–Crippen LogP) is 2.27. The third-order valence-corrected chi connectivity index (χ3v) is 2.84. The van der Waals surface area contributed by atoms with Crippen LogP contribution < -0.4 is 5.32 Å². The molecule has 92 valence electrons. The molecule has 0 saturated heterocycles. The molecule has 0 fully saturated rings. The molecule has 1 heterocycles. The maximum Gasteiger partial charge on any atom is 0.201 e. The summed E-state index contributed by atoms with van der Waals surface area (Å²) >= 11 is 0. The number of halogens is 1. The largest absolute Gasteiger partial charge is 0.388 e. The van der Waals surface area contributed by atoms with Gasteiger partial charge in [0, 0.05) is 6.54 Å². The average Bonchev–Trinajstić information content (AvgIpc) is 2.68. The zero-order valence-corrected chi connectivity index (χ0v) is 9.92. The molecule has 17 heavy (non-hydrogen) atoms. The van der Waals surface area contributed by atoms with Crippen molar-refractivity contribution >= 4 is 17.0 Å². The van der Waals surface area contributed by atoms with E-state index in [2.05, 4.69) is 15.3 Å². The molecule has 4 nitrogen and oxygen atoms in total. The summed E-state index contributed by atoms with van der Waals surface area (Å²) in [6.45, 7) is 4.06. The van der Waals surface area contributed by atoms with Crippen LogP contribution in [-0.4, -0.2) is 27.2 Å². The lowest BCUT2D eigenvalue weighted by molar-refractivity contribution is 0.0696. The van der Waals surface area contributed by atoms with E-state index in [0.29, 0.717) is 29.9 Å². The minimum Gasteiger partial charge on any atom is -0.388 e. The van der Waals surface area contributed by atoms with E-state index in [1.807, 2.05) is 6.92 Å². The van der Waals surface area contributed by atoms with Crippen molar-refractivity contribution in [2.45, 2.75) is 25.9 Å². The fourth-order valence-corrected chi connectivity index (χ4v) is 1.46. The fraction of sp³-hybridized carbons (Fsp3) is 0.417. The van der Waals surface area contributed by atoms with Crippen LogP contribution in [0.1, 0.15) is 20.3 Å². The van der Waals surface area contributed by atoms with Gasteiger partial charge in [-0.3, -0.25) is 0 Å². The Morgan fingerprint density at radius 3 is 3.00 bits per heavy atom. The first-order valence-electron chi connectivity index (χ1n) is 5.62. The number of imidazole rings is 1. The van der Waals surface area contributed by atoms with Crippen molar-refractivity contribution in [2.24, 2.45) is 0 Å². The van der Waals surface area contributed by atoms with Gasteiger partial charge in [0.15, 0.2) is 0 Å². The first-order chi connectivity index (χ1) is 8.00. The number of hydrogen-bond donors (Lipinski definition) is 3. The summed E-state index contributed by atoms with van der Waals surface area (Å²) in [5.41, 5.74) is 0.568. The minimum absolute atomic E-state index is 0.298. The summed E-state index contributed by atoms with van der Waals surface area (Å²) in [4.78, 5) is 7.21. The summed E-state index contributed by atoms with van der Waals surface area (Å²) in [5.74, 6) is 0.243. The second-order valence-electron chi connectivity index (χ2n) is 4.45. The fourth-order valence-electron chi connectivity index (χ4n) is 1.46. The molecule has 5 heteroatoms. The molecular weight excluding hydrogens is 221 g/mol. The highest BCUT2D eigenvalue weighted by Crippen LogP contribution is 2.16.